The van der Waals surface area contributed by atoms with Crippen LogP contribution in [0.4, 0.5) is 0 Å². The molecular formula is C11H14Cl3NO. The standard InChI is InChI=1S/C11H13Cl2NO.ClH/c1-14(2)7-9(15)5-8-3-4-10(12)11(13)6-8;/h3-4,6H,5,7H2,1-2H3;1H. The molecule has 0 heterocycles. The molecule has 0 aliphatic carbocycles. The van der Waals surface area contributed by atoms with Crippen molar-refractivity contribution in [2.75, 3.05) is 20.6 Å². The molecule has 1 aromatic carbocycles. The van der Waals surface area contributed by atoms with E-state index in [1.54, 1.807) is 12.1 Å². The van der Waals surface area contributed by atoms with Gasteiger partial charge in [-0.15, -0.1) is 12.4 Å². The van der Waals surface area contributed by atoms with E-state index in [9.17, 15) is 4.79 Å². The maximum atomic E-state index is 11.5. The second-order valence-corrected chi connectivity index (χ2v) is 4.52. The van der Waals surface area contributed by atoms with Crippen molar-refractivity contribution in [1.29, 1.82) is 0 Å². The van der Waals surface area contributed by atoms with Crippen LogP contribution in [0.15, 0.2) is 18.2 Å². The number of carbonyl (C=O) groups excluding carboxylic acids is 1. The van der Waals surface area contributed by atoms with Crippen LogP contribution in [0, 0.1) is 0 Å². The topological polar surface area (TPSA) is 20.3 Å². The van der Waals surface area contributed by atoms with Crippen molar-refractivity contribution < 1.29 is 4.79 Å². The Kier molecular flexibility index (Phi) is 7.00. The molecule has 1 aromatic rings. The number of nitrogens with zero attached hydrogens (tertiary/aromatic N) is 1. The summed E-state index contributed by atoms with van der Waals surface area (Å²) >= 11 is 11.6. The maximum absolute atomic E-state index is 11.5. The van der Waals surface area contributed by atoms with E-state index < -0.39 is 0 Å². The molecular weight excluding hydrogens is 268 g/mol. The van der Waals surface area contributed by atoms with Crippen molar-refractivity contribution in [3.8, 4) is 0 Å². The quantitative estimate of drug-likeness (QED) is 0.846. The zero-order valence-corrected chi connectivity index (χ0v) is 11.5. The molecule has 0 amide bonds. The van der Waals surface area contributed by atoms with E-state index in [0.717, 1.165) is 5.56 Å². The molecule has 0 unspecified atom stereocenters. The van der Waals surface area contributed by atoms with Gasteiger partial charge < -0.3 is 4.90 Å². The van der Waals surface area contributed by atoms with Crippen molar-refractivity contribution in [3.63, 3.8) is 0 Å². The van der Waals surface area contributed by atoms with Crippen LogP contribution in [0.3, 0.4) is 0 Å². The minimum Gasteiger partial charge on any atom is -0.302 e. The molecule has 0 bridgehead atoms. The summed E-state index contributed by atoms with van der Waals surface area (Å²) in [4.78, 5) is 13.3. The Morgan fingerprint density at radius 1 is 1.25 bits per heavy atom. The summed E-state index contributed by atoms with van der Waals surface area (Å²) in [6.45, 7) is 0.445. The third kappa shape index (κ3) is 5.17. The van der Waals surface area contributed by atoms with Gasteiger partial charge in [0.2, 0.25) is 0 Å². The highest BCUT2D eigenvalue weighted by Crippen LogP contribution is 2.22. The summed E-state index contributed by atoms with van der Waals surface area (Å²) in [6, 6.07) is 5.27. The van der Waals surface area contributed by atoms with Crippen LogP contribution in [0.5, 0.6) is 0 Å². The normalized spacial score (nSPS) is 10.1. The number of benzene rings is 1. The van der Waals surface area contributed by atoms with Crippen LogP contribution in [0.2, 0.25) is 10.0 Å². The summed E-state index contributed by atoms with van der Waals surface area (Å²) in [5.74, 6) is 0.165. The maximum Gasteiger partial charge on any atom is 0.151 e. The third-order valence-corrected chi connectivity index (χ3v) is 2.62. The number of likely N-dealkylation sites (N-methyl/N-ethyl adjacent to an activating group) is 1. The van der Waals surface area contributed by atoms with Gasteiger partial charge in [-0.3, -0.25) is 4.79 Å². The van der Waals surface area contributed by atoms with E-state index in [1.165, 1.54) is 0 Å². The lowest BCUT2D eigenvalue weighted by Crippen LogP contribution is -2.22. The smallest absolute Gasteiger partial charge is 0.151 e. The van der Waals surface area contributed by atoms with Crippen LogP contribution >= 0.6 is 35.6 Å². The molecule has 1 rings (SSSR count). The van der Waals surface area contributed by atoms with E-state index in [2.05, 4.69) is 0 Å². The molecule has 2 nitrogen and oxygen atoms in total. The van der Waals surface area contributed by atoms with Gasteiger partial charge in [0.15, 0.2) is 5.78 Å². The van der Waals surface area contributed by atoms with E-state index in [4.69, 9.17) is 23.2 Å². The predicted octanol–water partition coefficient (Wildman–Crippen LogP) is 3.09. The SMILES string of the molecule is CN(C)CC(=O)Cc1ccc(Cl)c(Cl)c1.Cl. The van der Waals surface area contributed by atoms with Crippen LogP contribution < -0.4 is 0 Å². The molecule has 0 N–H and O–H groups in total. The van der Waals surface area contributed by atoms with Gasteiger partial charge in [-0.25, -0.2) is 0 Å². The second kappa shape index (κ2) is 7.13. The molecule has 0 saturated carbocycles. The first kappa shape index (κ1) is 15.7. The van der Waals surface area contributed by atoms with Crippen molar-refractivity contribution in [1.82, 2.24) is 4.90 Å². The monoisotopic (exact) mass is 281 g/mol. The first-order valence-electron chi connectivity index (χ1n) is 4.59. The van der Waals surface area contributed by atoms with E-state index in [-0.39, 0.29) is 18.2 Å². The van der Waals surface area contributed by atoms with Gasteiger partial charge in [-0.2, -0.15) is 0 Å². The number of Topliss-reactive ketones (excluding diaryl/α,β-unsaturated/α-hetero) is 1. The predicted molar refractivity (Wildman–Crippen MR) is 71.0 cm³/mol. The van der Waals surface area contributed by atoms with Crippen LogP contribution in [0.25, 0.3) is 0 Å². The first-order chi connectivity index (χ1) is 6.99. The Bertz CT molecular complexity index is 366. The molecule has 16 heavy (non-hydrogen) atoms. The molecule has 0 spiro atoms. The fourth-order valence-electron chi connectivity index (χ4n) is 1.29. The lowest BCUT2D eigenvalue weighted by atomic mass is 10.1. The van der Waals surface area contributed by atoms with Gasteiger partial charge in [0, 0.05) is 6.42 Å². The fourth-order valence-corrected chi connectivity index (χ4v) is 1.61. The Morgan fingerprint density at radius 2 is 1.88 bits per heavy atom. The summed E-state index contributed by atoms with van der Waals surface area (Å²) in [5, 5.41) is 1.01. The summed E-state index contributed by atoms with van der Waals surface area (Å²) in [5.41, 5.74) is 0.899. The lowest BCUT2D eigenvalue weighted by Gasteiger charge is -2.08. The number of halogens is 3. The average molecular weight is 283 g/mol. The highest BCUT2D eigenvalue weighted by Gasteiger charge is 2.06. The minimum absolute atomic E-state index is 0. The molecule has 0 radical (unpaired) electrons. The van der Waals surface area contributed by atoms with Gasteiger partial charge >= 0.3 is 0 Å². The van der Waals surface area contributed by atoms with Crippen LogP contribution in [-0.4, -0.2) is 31.3 Å². The van der Waals surface area contributed by atoms with Crippen molar-refractivity contribution in [2.24, 2.45) is 0 Å². The van der Waals surface area contributed by atoms with Crippen LogP contribution in [-0.2, 0) is 11.2 Å². The zero-order chi connectivity index (χ0) is 11.4. The van der Waals surface area contributed by atoms with Crippen molar-refractivity contribution >= 4 is 41.4 Å². The number of carbonyl (C=O) groups is 1. The molecule has 0 saturated heterocycles. The lowest BCUT2D eigenvalue weighted by molar-refractivity contribution is -0.119. The number of ketones is 1. The highest BCUT2D eigenvalue weighted by molar-refractivity contribution is 6.42. The molecule has 90 valence electrons. The third-order valence-electron chi connectivity index (χ3n) is 1.88. The largest absolute Gasteiger partial charge is 0.302 e. The Balaban J connectivity index is 0.00000225. The first-order valence-corrected chi connectivity index (χ1v) is 5.35. The fraction of sp³-hybridized carbons (Fsp3) is 0.364. The van der Waals surface area contributed by atoms with Crippen LogP contribution in [0.1, 0.15) is 5.56 Å². The van der Waals surface area contributed by atoms with E-state index in [0.29, 0.717) is 23.0 Å². The second-order valence-electron chi connectivity index (χ2n) is 3.70. The number of hydrogen-bond donors (Lipinski definition) is 0. The highest BCUT2D eigenvalue weighted by atomic mass is 35.5. The van der Waals surface area contributed by atoms with Crippen molar-refractivity contribution in [3.05, 3.63) is 33.8 Å². The van der Waals surface area contributed by atoms with Gasteiger partial charge in [-0.1, -0.05) is 29.3 Å². The van der Waals surface area contributed by atoms with Gasteiger partial charge in [-0.05, 0) is 31.8 Å². The molecule has 0 atom stereocenters. The molecule has 0 aliphatic rings. The number of rotatable bonds is 4. The summed E-state index contributed by atoms with van der Waals surface area (Å²) in [6.07, 6.45) is 0.398. The van der Waals surface area contributed by atoms with Gasteiger partial charge in [0.05, 0.1) is 16.6 Å². The molecule has 0 aliphatic heterocycles. The minimum atomic E-state index is 0. The summed E-state index contributed by atoms with van der Waals surface area (Å²) in [7, 11) is 3.74. The Labute approximate surface area is 112 Å². The van der Waals surface area contributed by atoms with Gasteiger partial charge in [0.1, 0.15) is 0 Å². The Morgan fingerprint density at radius 3 is 2.38 bits per heavy atom. The van der Waals surface area contributed by atoms with Crippen molar-refractivity contribution in [2.45, 2.75) is 6.42 Å². The average Bonchev–Trinajstić information content (AvgIpc) is 2.10. The van der Waals surface area contributed by atoms with Gasteiger partial charge in [0.25, 0.3) is 0 Å². The number of hydrogen-bond acceptors (Lipinski definition) is 2. The summed E-state index contributed by atoms with van der Waals surface area (Å²) < 4.78 is 0. The molecule has 0 aromatic heterocycles. The molecule has 0 fully saturated rings. The molecule has 5 heteroatoms. The Hall–Kier alpha value is -0.280. The van der Waals surface area contributed by atoms with E-state index >= 15 is 0 Å². The zero-order valence-electron chi connectivity index (χ0n) is 9.17. The van der Waals surface area contributed by atoms with E-state index in [1.807, 2.05) is 25.1 Å².